The average Bonchev–Trinajstić information content (AvgIpc) is 2.89. The van der Waals surface area contributed by atoms with Crippen LogP contribution >= 0.6 is 0 Å². The van der Waals surface area contributed by atoms with Crippen LogP contribution in [0.25, 0.3) is 0 Å². The van der Waals surface area contributed by atoms with Gasteiger partial charge in [0.1, 0.15) is 6.04 Å². The first-order chi connectivity index (χ1) is 20.2. The summed E-state index contributed by atoms with van der Waals surface area (Å²) in [5.74, 6) is -0.104. The number of benzene rings is 1. The van der Waals surface area contributed by atoms with Gasteiger partial charge in [-0.15, -0.1) is 0 Å². The Morgan fingerprint density at radius 1 is 0.977 bits per heavy atom. The summed E-state index contributed by atoms with van der Waals surface area (Å²) in [6, 6.07) is 6.23. The Morgan fingerprint density at radius 3 is 2.11 bits per heavy atom. The zero-order chi connectivity index (χ0) is 33.1. The average molecular weight is 657 g/mol. The van der Waals surface area contributed by atoms with Crippen LogP contribution in [0, 0.1) is 11.8 Å². The van der Waals surface area contributed by atoms with E-state index in [1.165, 1.54) is 13.8 Å². The highest BCUT2D eigenvalue weighted by atomic mass is 32.2. The van der Waals surface area contributed by atoms with Crippen LogP contribution in [-0.4, -0.2) is 98.8 Å². The number of piperidine rings is 1. The molecule has 11 nitrogen and oxygen atoms in total. The molecule has 2 aliphatic rings. The Morgan fingerprint density at radius 2 is 1.57 bits per heavy atom. The Labute approximate surface area is 263 Å². The Balaban J connectivity index is 1.93. The molecule has 2 amide bonds. The van der Waals surface area contributed by atoms with E-state index >= 15 is 0 Å². The van der Waals surface area contributed by atoms with Crippen LogP contribution in [0.3, 0.4) is 0 Å². The normalized spacial score (nSPS) is 24.0. The third kappa shape index (κ3) is 9.97. The van der Waals surface area contributed by atoms with Gasteiger partial charge in [0.2, 0.25) is 21.8 Å². The van der Waals surface area contributed by atoms with E-state index in [1.807, 2.05) is 56.0 Å². The van der Waals surface area contributed by atoms with Gasteiger partial charge in [-0.3, -0.25) is 14.5 Å². The molecule has 6 atom stereocenters. The minimum atomic E-state index is -3.98. The largest absolute Gasteiger partial charge is 0.390 e. The van der Waals surface area contributed by atoms with Crippen molar-refractivity contribution < 1.29 is 31.5 Å². The number of aliphatic hydroxyl groups is 1. The van der Waals surface area contributed by atoms with Gasteiger partial charge in [-0.2, -0.15) is 0 Å². The van der Waals surface area contributed by atoms with Gasteiger partial charge in [-0.1, -0.05) is 49.6 Å². The zero-order valence-electron chi connectivity index (χ0n) is 27.2. The molecule has 1 aliphatic carbocycles. The smallest absolute Gasteiger partial charge is 0.240 e. The fourth-order valence-corrected chi connectivity index (χ4v) is 7.85. The minimum Gasteiger partial charge on any atom is -0.390 e. The molecule has 6 unspecified atom stereocenters. The predicted octanol–water partition coefficient (Wildman–Crippen LogP) is 1.61. The quantitative estimate of drug-likeness (QED) is 0.264. The lowest BCUT2D eigenvalue weighted by Gasteiger charge is -2.47. The van der Waals surface area contributed by atoms with Crippen molar-refractivity contribution in [1.82, 2.24) is 20.3 Å². The van der Waals surface area contributed by atoms with Gasteiger partial charge in [0.25, 0.3) is 0 Å². The lowest BCUT2D eigenvalue weighted by molar-refractivity contribution is -0.133. The summed E-state index contributed by atoms with van der Waals surface area (Å²) in [4.78, 5) is 29.3. The standard InChI is InChI=1S/C31H52N4O7S2/c1-30(2,3)33-28(37)25-18-22-15-11-12-16-23(22)19-35(25)20-26(36)24(17-21-13-9-8-10-14-21)32-29(38)27(34-44(7,41)42)31(4,5)43(6,39)40/h8-10,13-14,22-27,34,36H,11-12,15-20H2,1-7H3,(H,32,38)(H,33,37). The van der Waals surface area contributed by atoms with Crippen LogP contribution in [0.15, 0.2) is 30.3 Å². The number of carbonyl (C=O) groups excluding carboxylic acids is 2. The number of carbonyl (C=O) groups is 2. The number of amides is 2. The Hall–Kier alpha value is -2.06. The van der Waals surface area contributed by atoms with Crippen LogP contribution in [0.2, 0.25) is 0 Å². The van der Waals surface area contributed by atoms with Gasteiger partial charge >= 0.3 is 0 Å². The second-order valence-electron chi connectivity index (χ2n) is 14.3. The zero-order valence-corrected chi connectivity index (χ0v) is 28.8. The number of sulfone groups is 1. The Kier molecular flexibility index (Phi) is 11.7. The molecule has 2 fully saturated rings. The number of likely N-dealkylation sites (tertiary alicyclic amines) is 1. The number of rotatable bonds is 12. The van der Waals surface area contributed by atoms with Crippen LogP contribution < -0.4 is 15.4 Å². The number of sulfonamides is 1. The molecular formula is C31H52N4O7S2. The van der Waals surface area contributed by atoms with E-state index in [2.05, 4.69) is 15.4 Å². The number of hydrogen-bond donors (Lipinski definition) is 4. The van der Waals surface area contributed by atoms with E-state index in [1.54, 1.807) is 0 Å². The van der Waals surface area contributed by atoms with Crippen molar-refractivity contribution in [2.75, 3.05) is 25.6 Å². The molecule has 3 rings (SSSR count). The lowest BCUT2D eigenvalue weighted by atomic mass is 9.72. The van der Waals surface area contributed by atoms with Crippen molar-refractivity contribution in [1.29, 1.82) is 0 Å². The number of β-amino-alcohol motifs (C(OH)–C–C–N with tert-alkyl or cyclic N) is 1. The molecule has 4 N–H and O–H groups in total. The summed E-state index contributed by atoms with van der Waals surface area (Å²) in [6.07, 6.45) is 5.99. The molecule has 44 heavy (non-hydrogen) atoms. The van der Waals surface area contributed by atoms with Crippen molar-refractivity contribution in [3.63, 3.8) is 0 Å². The van der Waals surface area contributed by atoms with Gasteiger partial charge in [0.05, 0.1) is 29.2 Å². The molecular weight excluding hydrogens is 604 g/mol. The van der Waals surface area contributed by atoms with Gasteiger partial charge in [-0.25, -0.2) is 21.6 Å². The highest BCUT2D eigenvalue weighted by Gasteiger charge is 2.46. The molecule has 1 heterocycles. The summed E-state index contributed by atoms with van der Waals surface area (Å²) in [5, 5.41) is 17.6. The van der Waals surface area contributed by atoms with Crippen molar-refractivity contribution >= 4 is 31.7 Å². The lowest BCUT2D eigenvalue weighted by Crippen LogP contribution is -2.64. The van der Waals surface area contributed by atoms with Crippen molar-refractivity contribution in [3.8, 4) is 0 Å². The number of nitrogens with one attached hydrogen (secondary N) is 3. The van der Waals surface area contributed by atoms with E-state index in [-0.39, 0.29) is 18.9 Å². The first-order valence-corrected chi connectivity index (χ1v) is 19.2. The molecule has 1 aromatic carbocycles. The van der Waals surface area contributed by atoms with Gasteiger partial charge in [-0.05, 0) is 71.3 Å². The second kappa shape index (κ2) is 14.1. The summed E-state index contributed by atoms with van der Waals surface area (Å²) < 4.78 is 50.2. The fraction of sp³-hybridized carbons (Fsp3) is 0.742. The predicted molar refractivity (Wildman–Crippen MR) is 172 cm³/mol. The highest BCUT2D eigenvalue weighted by molar-refractivity contribution is 7.92. The minimum absolute atomic E-state index is 0.0929. The second-order valence-corrected chi connectivity index (χ2v) is 18.7. The van der Waals surface area contributed by atoms with Crippen molar-refractivity contribution in [2.45, 2.75) is 108 Å². The summed E-state index contributed by atoms with van der Waals surface area (Å²) in [5.41, 5.74) is 0.391. The Bertz CT molecular complexity index is 1360. The molecule has 13 heteroatoms. The number of fused-ring (bicyclic) bond motifs is 1. The molecule has 1 aliphatic heterocycles. The third-order valence-electron chi connectivity index (χ3n) is 9.06. The molecule has 0 spiro atoms. The fourth-order valence-electron chi connectivity index (χ4n) is 6.35. The monoisotopic (exact) mass is 656 g/mol. The third-order valence-corrected chi connectivity index (χ3v) is 11.9. The molecule has 1 saturated heterocycles. The van der Waals surface area contributed by atoms with E-state index in [9.17, 15) is 31.5 Å². The molecule has 250 valence electrons. The molecule has 0 radical (unpaired) electrons. The van der Waals surface area contributed by atoms with Gasteiger partial charge in [0.15, 0.2) is 9.84 Å². The van der Waals surface area contributed by atoms with Gasteiger partial charge < -0.3 is 15.7 Å². The van der Waals surface area contributed by atoms with E-state index in [4.69, 9.17) is 0 Å². The highest BCUT2D eigenvalue weighted by Crippen LogP contribution is 2.39. The summed E-state index contributed by atoms with van der Waals surface area (Å²) >= 11 is 0. The molecule has 1 aromatic rings. The maximum atomic E-state index is 13.7. The first kappa shape index (κ1) is 36.4. The summed E-state index contributed by atoms with van der Waals surface area (Å²) in [7, 11) is -7.89. The van der Waals surface area contributed by atoms with Crippen molar-refractivity contribution in [3.05, 3.63) is 35.9 Å². The van der Waals surface area contributed by atoms with E-state index < -0.39 is 60.3 Å². The van der Waals surface area contributed by atoms with E-state index in [0.717, 1.165) is 43.8 Å². The van der Waals surface area contributed by atoms with Crippen LogP contribution in [0.4, 0.5) is 0 Å². The maximum Gasteiger partial charge on any atom is 0.240 e. The molecule has 1 saturated carbocycles. The first-order valence-electron chi connectivity index (χ1n) is 15.4. The molecule has 0 bridgehead atoms. The molecule has 0 aromatic heterocycles. The topological polar surface area (TPSA) is 162 Å². The van der Waals surface area contributed by atoms with Gasteiger partial charge in [0, 0.05) is 24.9 Å². The maximum absolute atomic E-state index is 13.7. The van der Waals surface area contributed by atoms with Crippen LogP contribution in [0.1, 0.15) is 72.3 Å². The number of aliphatic hydroxyl groups excluding tert-OH is 1. The number of hydrogen-bond acceptors (Lipinski definition) is 8. The SMILES string of the molecule is CC(C)(C)NC(=O)C1CC2CCCCC2CN1CC(O)C(Cc1ccccc1)NC(=O)C(NS(C)(=O)=O)C(C)(C)S(C)(=O)=O. The van der Waals surface area contributed by atoms with Crippen molar-refractivity contribution in [2.24, 2.45) is 11.8 Å². The summed E-state index contributed by atoms with van der Waals surface area (Å²) in [6.45, 7) is 9.13. The van der Waals surface area contributed by atoms with Crippen LogP contribution in [0.5, 0.6) is 0 Å². The number of nitrogens with zero attached hydrogens (tertiary/aromatic N) is 1. The van der Waals surface area contributed by atoms with Crippen LogP contribution in [-0.2, 0) is 35.9 Å². The van der Waals surface area contributed by atoms with E-state index in [0.29, 0.717) is 24.8 Å².